The summed E-state index contributed by atoms with van der Waals surface area (Å²) in [7, 11) is -2.00. The van der Waals surface area contributed by atoms with Crippen LogP contribution >= 0.6 is 11.3 Å². The second-order valence-corrected chi connectivity index (χ2v) is 6.76. The van der Waals surface area contributed by atoms with Crippen LogP contribution in [0.5, 0.6) is 0 Å². The molecule has 0 aliphatic carbocycles. The number of anilines is 1. The van der Waals surface area contributed by atoms with Crippen LogP contribution in [0.15, 0.2) is 16.5 Å². The standard InChI is InChI=1S/C10H15N5O2S2/c1-7-6-18-9(13-7)3-4-12-19(16,17)8-5-15(2)14-10(8)11/h5-6,12H,3-4H2,1-2H3,(H2,11,14). The molecule has 2 aromatic heterocycles. The molecule has 0 saturated carbocycles. The number of nitrogens with one attached hydrogen (secondary N) is 1. The van der Waals surface area contributed by atoms with Crippen LogP contribution in [0.3, 0.4) is 0 Å². The Morgan fingerprint density at radius 2 is 2.26 bits per heavy atom. The van der Waals surface area contributed by atoms with E-state index in [1.807, 2.05) is 12.3 Å². The van der Waals surface area contributed by atoms with Crippen molar-refractivity contribution in [2.45, 2.75) is 18.2 Å². The second-order valence-electron chi connectivity index (χ2n) is 4.08. The Bertz CT molecular complexity index is 674. The molecule has 0 bridgehead atoms. The Balaban J connectivity index is 2.00. The SMILES string of the molecule is Cc1csc(CCNS(=O)(=O)c2cn(C)nc2N)n1. The molecule has 0 amide bonds. The van der Waals surface area contributed by atoms with E-state index in [4.69, 9.17) is 5.73 Å². The van der Waals surface area contributed by atoms with Gasteiger partial charge in [-0.15, -0.1) is 11.3 Å². The average Bonchev–Trinajstić information content (AvgIpc) is 2.85. The normalized spacial score (nSPS) is 11.9. The predicted octanol–water partition coefficient (Wildman–Crippen LogP) is 0.288. The summed E-state index contributed by atoms with van der Waals surface area (Å²) >= 11 is 1.52. The largest absolute Gasteiger partial charge is 0.381 e. The van der Waals surface area contributed by atoms with Crippen molar-refractivity contribution in [2.24, 2.45) is 7.05 Å². The first-order chi connectivity index (χ1) is 8.88. The lowest BCUT2D eigenvalue weighted by Gasteiger charge is -2.03. The van der Waals surface area contributed by atoms with Gasteiger partial charge >= 0.3 is 0 Å². The van der Waals surface area contributed by atoms with Gasteiger partial charge in [-0.05, 0) is 6.92 Å². The molecule has 0 aromatic carbocycles. The van der Waals surface area contributed by atoms with Gasteiger partial charge < -0.3 is 5.73 Å². The fraction of sp³-hybridized carbons (Fsp3) is 0.400. The molecule has 19 heavy (non-hydrogen) atoms. The Labute approximate surface area is 115 Å². The highest BCUT2D eigenvalue weighted by molar-refractivity contribution is 7.89. The van der Waals surface area contributed by atoms with E-state index in [2.05, 4.69) is 14.8 Å². The number of rotatable bonds is 5. The summed E-state index contributed by atoms with van der Waals surface area (Å²) < 4.78 is 27.9. The van der Waals surface area contributed by atoms with Crippen LogP contribution in [-0.4, -0.2) is 29.7 Å². The van der Waals surface area contributed by atoms with Crippen LogP contribution in [0.25, 0.3) is 0 Å². The van der Waals surface area contributed by atoms with Gasteiger partial charge in [-0.25, -0.2) is 18.1 Å². The van der Waals surface area contributed by atoms with E-state index in [0.29, 0.717) is 6.42 Å². The summed E-state index contributed by atoms with van der Waals surface area (Å²) in [6.07, 6.45) is 1.93. The van der Waals surface area contributed by atoms with Crippen LogP contribution in [0.2, 0.25) is 0 Å². The summed E-state index contributed by atoms with van der Waals surface area (Å²) in [4.78, 5) is 4.27. The van der Waals surface area contributed by atoms with Crippen LogP contribution in [-0.2, 0) is 23.5 Å². The molecule has 104 valence electrons. The van der Waals surface area contributed by atoms with E-state index >= 15 is 0 Å². The first-order valence-corrected chi connectivity index (χ1v) is 7.94. The lowest BCUT2D eigenvalue weighted by atomic mass is 10.4. The molecule has 0 atom stereocenters. The lowest BCUT2D eigenvalue weighted by molar-refractivity contribution is 0.581. The smallest absolute Gasteiger partial charge is 0.245 e. The highest BCUT2D eigenvalue weighted by Gasteiger charge is 2.20. The minimum absolute atomic E-state index is 0.0000862. The first-order valence-electron chi connectivity index (χ1n) is 5.58. The van der Waals surface area contributed by atoms with E-state index in [0.717, 1.165) is 10.7 Å². The summed E-state index contributed by atoms with van der Waals surface area (Å²) in [6.45, 7) is 2.18. The maximum absolute atomic E-state index is 12.0. The second kappa shape index (κ2) is 5.27. The molecule has 2 aromatic rings. The van der Waals surface area contributed by atoms with Crippen molar-refractivity contribution >= 4 is 27.2 Å². The molecule has 0 radical (unpaired) electrons. The topological polar surface area (TPSA) is 103 Å². The zero-order valence-corrected chi connectivity index (χ0v) is 12.3. The van der Waals surface area contributed by atoms with E-state index in [-0.39, 0.29) is 17.3 Å². The third kappa shape index (κ3) is 3.31. The fourth-order valence-electron chi connectivity index (χ4n) is 1.58. The molecule has 0 aliphatic heterocycles. The van der Waals surface area contributed by atoms with E-state index < -0.39 is 10.0 Å². The summed E-state index contributed by atoms with van der Waals surface area (Å²) in [5.41, 5.74) is 6.50. The molecule has 0 aliphatic rings. The summed E-state index contributed by atoms with van der Waals surface area (Å²) in [5, 5.41) is 6.65. The molecule has 0 unspecified atom stereocenters. The van der Waals surface area contributed by atoms with Crippen molar-refractivity contribution in [1.82, 2.24) is 19.5 Å². The van der Waals surface area contributed by atoms with Gasteiger partial charge in [0.25, 0.3) is 0 Å². The molecule has 0 fully saturated rings. The van der Waals surface area contributed by atoms with Gasteiger partial charge in [0.2, 0.25) is 10.0 Å². The Hall–Kier alpha value is -1.45. The number of aromatic nitrogens is 3. The molecule has 2 rings (SSSR count). The zero-order valence-electron chi connectivity index (χ0n) is 10.6. The minimum atomic E-state index is -3.61. The van der Waals surface area contributed by atoms with Gasteiger partial charge in [-0.3, -0.25) is 4.68 Å². The quantitative estimate of drug-likeness (QED) is 0.826. The lowest BCUT2D eigenvalue weighted by Crippen LogP contribution is -2.26. The van der Waals surface area contributed by atoms with E-state index in [1.165, 1.54) is 22.2 Å². The molecule has 9 heteroatoms. The number of thiazole rings is 1. The molecule has 2 heterocycles. The number of nitrogen functional groups attached to an aromatic ring is 1. The molecule has 0 spiro atoms. The van der Waals surface area contributed by atoms with Crippen LogP contribution < -0.4 is 10.5 Å². The van der Waals surface area contributed by atoms with Gasteiger partial charge in [0.1, 0.15) is 4.90 Å². The molecular weight excluding hydrogens is 286 g/mol. The highest BCUT2D eigenvalue weighted by atomic mass is 32.2. The van der Waals surface area contributed by atoms with Crippen molar-refractivity contribution in [1.29, 1.82) is 0 Å². The Morgan fingerprint density at radius 1 is 1.53 bits per heavy atom. The summed E-state index contributed by atoms with van der Waals surface area (Å²) in [6, 6.07) is 0. The van der Waals surface area contributed by atoms with Gasteiger partial charge in [-0.1, -0.05) is 0 Å². The maximum atomic E-state index is 12.0. The third-order valence-electron chi connectivity index (χ3n) is 2.41. The first kappa shape index (κ1) is 14.0. The molecular formula is C10H15N5O2S2. The average molecular weight is 301 g/mol. The molecule has 7 nitrogen and oxygen atoms in total. The predicted molar refractivity (Wildman–Crippen MR) is 73.4 cm³/mol. The van der Waals surface area contributed by atoms with Gasteiger partial charge in [0, 0.05) is 37.3 Å². The highest BCUT2D eigenvalue weighted by Crippen LogP contribution is 2.15. The van der Waals surface area contributed by atoms with Crippen LogP contribution in [0.4, 0.5) is 5.82 Å². The zero-order chi connectivity index (χ0) is 14.0. The van der Waals surface area contributed by atoms with Crippen molar-refractivity contribution in [3.05, 3.63) is 22.3 Å². The van der Waals surface area contributed by atoms with E-state index in [1.54, 1.807) is 7.05 Å². The van der Waals surface area contributed by atoms with Gasteiger partial charge in [0.15, 0.2) is 5.82 Å². The summed E-state index contributed by atoms with van der Waals surface area (Å²) in [5.74, 6) is 0.0000862. The molecule has 3 N–H and O–H groups in total. The molecule has 0 saturated heterocycles. The van der Waals surface area contributed by atoms with Crippen LogP contribution in [0, 0.1) is 6.92 Å². The Kier molecular flexibility index (Phi) is 3.88. The number of sulfonamides is 1. The third-order valence-corrected chi connectivity index (χ3v) is 4.91. The Morgan fingerprint density at radius 3 is 2.79 bits per heavy atom. The van der Waals surface area contributed by atoms with Crippen molar-refractivity contribution < 1.29 is 8.42 Å². The van der Waals surface area contributed by atoms with Crippen molar-refractivity contribution in [3.63, 3.8) is 0 Å². The monoisotopic (exact) mass is 301 g/mol. The number of nitrogens with zero attached hydrogens (tertiary/aromatic N) is 3. The minimum Gasteiger partial charge on any atom is -0.381 e. The van der Waals surface area contributed by atoms with Crippen LogP contribution in [0.1, 0.15) is 10.7 Å². The number of aryl methyl sites for hydroxylation is 2. The number of nitrogens with two attached hydrogens (primary N) is 1. The fourth-order valence-corrected chi connectivity index (χ4v) is 3.49. The number of hydrogen-bond acceptors (Lipinski definition) is 6. The van der Waals surface area contributed by atoms with Gasteiger partial charge in [-0.2, -0.15) is 5.10 Å². The maximum Gasteiger partial charge on any atom is 0.245 e. The van der Waals surface area contributed by atoms with E-state index in [9.17, 15) is 8.42 Å². The van der Waals surface area contributed by atoms with Crippen molar-refractivity contribution in [2.75, 3.05) is 12.3 Å². The van der Waals surface area contributed by atoms with Gasteiger partial charge in [0.05, 0.1) is 5.01 Å². The number of hydrogen-bond donors (Lipinski definition) is 2. The van der Waals surface area contributed by atoms with Crippen molar-refractivity contribution in [3.8, 4) is 0 Å².